The molecule has 2 aromatic carbocycles. The van der Waals surface area contributed by atoms with Gasteiger partial charge in [0.2, 0.25) is 0 Å². The summed E-state index contributed by atoms with van der Waals surface area (Å²) < 4.78 is 35.6. The predicted molar refractivity (Wildman–Crippen MR) is 101 cm³/mol. The second-order valence-electron chi connectivity index (χ2n) is 5.00. The summed E-state index contributed by atoms with van der Waals surface area (Å²) in [7, 11) is 0.317. The molecule has 0 aliphatic rings. The van der Waals surface area contributed by atoms with Crippen molar-refractivity contribution in [3.05, 3.63) is 56.1 Å². The number of carbonyl (C=O) groups is 1. The SMILES string of the molecule is [2H]c1c(O[B]O)c([2H])c2oc(CC)c(C(=O)c3cc(Br)c(O)c(Br)c3)c2c1[2H]. The number of ketones is 1. The summed E-state index contributed by atoms with van der Waals surface area (Å²) in [6.07, 6.45) is 0.310. The third-order valence-electron chi connectivity index (χ3n) is 3.51. The highest BCUT2D eigenvalue weighted by molar-refractivity contribution is 9.11. The average Bonchev–Trinajstić information content (AvgIpc) is 3.06. The van der Waals surface area contributed by atoms with E-state index in [2.05, 4.69) is 31.9 Å². The van der Waals surface area contributed by atoms with Crippen molar-refractivity contribution in [3.63, 3.8) is 0 Å². The Kier molecular flexibility index (Phi) is 4.17. The van der Waals surface area contributed by atoms with Crippen LogP contribution in [0.1, 0.15) is 32.7 Å². The van der Waals surface area contributed by atoms with Gasteiger partial charge in [-0.05, 0) is 56.1 Å². The van der Waals surface area contributed by atoms with Gasteiger partial charge in [-0.15, -0.1) is 0 Å². The number of fused-ring (bicyclic) bond motifs is 1. The van der Waals surface area contributed by atoms with E-state index < -0.39 is 11.8 Å². The molecule has 0 unspecified atom stereocenters. The molecule has 0 bridgehead atoms. The second kappa shape index (κ2) is 7.23. The van der Waals surface area contributed by atoms with Gasteiger partial charge in [-0.1, -0.05) is 6.92 Å². The normalized spacial score (nSPS) is 12.6. The molecule has 0 atom stereocenters. The zero-order valence-electron chi connectivity index (χ0n) is 15.8. The van der Waals surface area contributed by atoms with Crippen molar-refractivity contribution in [1.29, 1.82) is 0 Å². The fourth-order valence-electron chi connectivity index (χ4n) is 2.38. The molecule has 25 heavy (non-hydrogen) atoms. The summed E-state index contributed by atoms with van der Waals surface area (Å²) in [4.78, 5) is 13.2. The van der Waals surface area contributed by atoms with Gasteiger partial charge in [-0.25, -0.2) is 0 Å². The summed E-state index contributed by atoms with van der Waals surface area (Å²) in [5, 5.41) is 18.8. The predicted octanol–water partition coefficient (Wildman–Crippen LogP) is 4.36. The van der Waals surface area contributed by atoms with Crippen LogP contribution in [0.5, 0.6) is 11.5 Å². The van der Waals surface area contributed by atoms with Crippen molar-refractivity contribution in [3.8, 4) is 11.5 Å². The van der Waals surface area contributed by atoms with Gasteiger partial charge in [-0.2, -0.15) is 0 Å². The summed E-state index contributed by atoms with van der Waals surface area (Å²) in [6, 6.07) is 1.72. The van der Waals surface area contributed by atoms with Crippen LogP contribution in [0.15, 0.2) is 43.6 Å². The van der Waals surface area contributed by atoms with Crippen LogP contribution >= 0.6 is 31.9 Å². The first-order valence-corrected chi connectivity index (χ1v) is 8.71. The molecule has 8 heteroatoms. The molecule has 5 nitrogen and oxygen atoms in total. The van der Waals surface area contributed by atoms with E-state index in [1.807, 2.05) is 0 Å². The Balaban J connectivity index is 2.33. The number of phenolic OH excluding ortho intramolecular Hbond substituents is 1. The Hall–Kier alpha value is -1.77. The number of aromatic hydroxyl groups is 1. The van der Waals surface area contributed by atoms with E-state index in [1.54, 1.807) is 6.92 Å². The second-order valence-corrected chi connectivity index (χ2v) is 6.71. The van der Waals surface area contributed by atoms with Crippen LogP contribution in [0.2, 0.25) is 0 Å². The lowest BCUT2D eigenvalue weighted by molar-refractivity contribution is 0.103. The molecule has 0 aliphatic carbocycles. The Morgan fingerprint density at radius 1 is 1.36 bits per heavy atom. The van der Waals surface area contributed by atoms with E-state index in [4.69, 9.17) is 18.2 Å². The van der Waals surface area contributed by atoms with Gasteiger partial charge in [0, 0.05) is 23.4 Å². The van der Waals surface area contributed by atoms with Gasteiger partial charge in [0.05, 0.1) is 18.6 Å². The van der Waals surface area contributed by atoms with E-state index in [9.17, 15) is 9.90 Å². The van der Waals surface area contributed by atoms with Gasteiger partial charge in [0.15, 0.2) is 5.78 Å². The van der Waals surface area contributed by atoms with Gasteiger partial charge >= 0.3 is 7.69 Å². The number of rotatable bonds is 5. The minimum atomic E-state index is -0.480. The topological polar surface area (TPSA) is 79.9 Å². The standard InChI is InChI=1S/C17H12BBr2O5/c1-2-13-15(10-4-3-9(25-18-23)7-14(10)24-13)16(21)8-5-11(19)17(22)12(20)6-8/h3-7,22-23H,2H2,1H3/i3D,4D,7D. The minimum absolute atomic E-state index is 0.0301. The Morgan fingerprint density at radius 3 is 2.64 bits per heavy atom. The molecule has 3 rings (SSSR count). The van der Waals surface area contributed by atoms with E-state index in [0.717, 1.165) is 0 Å². The molecule has 3 aromatic rings. The molecule has 0 amide bonds. The molecule has 1 heterocycles. The highest BCUT2D eigenvalue weighted by Crippen LogP contribution is 2.36. The highest BCUT2D eigenvalue weighted by atomic mass is 79.9. The molecule has 0 spiro atoms. The zero-order valence-corrected chi connectivity index (χ0v) is 16.0. The summed E-state index contributed by atoms with van der Waals surface area (Å²) in [5.41, 5.74) is 0.221. The van der Waals surface area contributed by atoms with E-state index in [1.165, 1.54) is 12.1 Å². The van der Waals surface area contributed by atoms with Crippen molar-refractivity contribution >= 4 is 56.3 Å². The lowest BCUT2D eigenvalue weighted by Crippen LogP contribution is -2.04. The zero-order chi connectivity index (χ0) is 20.7. The third kappa shape index (κ3) is 3.34. The van der Waals surface area contributed by atoms with Crippen molar-refractivity contribution in [2.24, 2.45) is 0 Å². The van der Waals surface area contributed by atoms with Crippen LogP contribution in [-0.2, 0) is 6.42 Å². The minimum Gasteiger partial charge on any atom is -0.537 e. The molecule has 1 radical (unpaired) electrons. The Morgan fingerprint density at radius 2 is 2.04 bits per heavy atom. The van der Waals surface area contributed by atoms with Crippen molar-refractivity contribution in [2.45, 2.75) is 13.3 Å². The van der Waals surface area contributed by atoms with Crippen LogP contribution in [0.3, 0.4) is 0 Å². The number of furan rings is 1. The number of aryl methyl sites for hydroxylation is 1. The number of carbonyl (C=O) groups excluding carboxylic acids is 1. The molecule has 0 saturated heterocycles. The van der Waals surface area contributed by atoms with E-state index in [-0.39, 0.29) is 51.4 Å². The fourth-order valence-corrected chi connectivity index (χ4v) is 3.57. The lowest BCUT2D eigenvalue weighted by atomic mass is 9.99. The number of benzene rings is 2. The average molecular weight is 470 g/mol. The first kappa shape index (κ1) is 14.4. The number of phenols is 1. The first-order chi connectivity index (χ1) is 13.2. The largest absolute Gasteiger partial charge is 0.569 e. The number of halogens is 2. The van der Waals surface area contributed by atoms with Gasteiger partial charge in [0.1, 0.15) is 22.8 Å². The van der Waals surface area contributed by atoms with Crippen molar-refractivity contribution < 1.29 is 28.1 Å². The van der Waals surface area contributed by atoms with Crippen LogP contribution in [0.4, 0.5) is 0 Å². The maximum absolute atomic E-state index is 13.2. The van der Waals surface area contributed by atoms with E-state index >= 15 is 0 Å². The molecule has 0 fully saturated rings. The molecular formula is C17H12BBr2O5. The maximum atomic E-state index is 13.2. The molecule has 127 valence electrons. The molecule has 1 aromatic heterocycles. The quantitative estimate of drug-likeness (QED) is 0.428. The Labute approximate surface area is 165 Å². The summed E-state index contributed by atoms with van der Waals surface area (Å²) >= 11 is 6.36. The van der Waals surface area contributed by atoms with Gasteiger partial charge in [-0.3, -0.25) is 4.79 Å². The summed E-state index contributed by atoms with van der Waals surface area (Å²) in [6.45, 7) is 1.75. The monoisotopic (exact) mass is 468 g/mol. The first-order valence-electron chi connectivity index (χ1n) is 8.63. The van der Waals surface area contributed by atoms with Gasteiger partial charge in [0.25, 0.3) is 0 Å². The van der Waals surface area contributed by atoms with Crippen LogP contribution in [-0.4, -0.2) is 23.6 Å². The van der Waals surface area contributed by atoms with Crippen LogP contribution < -0.4 is 4.65 Å². The smallest absolute Gasteiger partial charge is 0.537 e. The highest BCUT2D eigenvalue weighted by Gasteiger charge is 2.23. The number of hydrogen-bond donors (Lipinski definition) is 2. The molecule has 2 N–H and O–H groups in total. The fraction of sp³-hybridized carbons (Fsp3) is 0.118. The van der Waals surface area contributed by atoms with Crippen LogP contribution in [0, 0.1) is 0 Å². The molecule has 0 saturated carbocycles. The maximum Gasteiger partial charge on any atom is 0.569 e. The van der Waals surface area contributed by atoms with Gasteiger partial charge < -0.3 is 19.2 Å². The Bertz CT molecular complexity index is 1090. The van der Waals surface area contributed by atoms with E-state index in [0.29, 0.717) is 23.1 Å². The number of hydrogen-bond acceptors (Lipinski definition) is 5. The molecular weight excluding hydrogens is 455 g/mol. The third-order valence-corrected chi connectivity index (χ3v) is 4.72. The summed E-state index contributed by atoms with van der Waals surface area (Å²) in [5.74, 6) is -0.626. The lowest BCUT2D eigenvalue weighted by Gasteiger charge is -2.06. The van der Waals surface area contributed by atoms with Crippen molar-refractivity contribution in [2.75, 3.05) is 0 Å². The molecule has 0 aliphatic heterocycles. The van der Waals surface area contributed by atoms with Crippen LogP contribution in [0.25, 0.3) is 11.0 Å². The van der Waals surface area contributed by atoms with Crippen molar-refractivity contribution in [1.82, 2.24) is 0 Å².